The van der Waals surface area contributed by atoms with Crippen LogP contribution in [0.2, 0.25) is 5.15 Å². The van der Waals surface area contributed by atoms with Crippen LogP contribution < -0.4 is 5.73 Å². The molecule has 0 bridgehead atoms. The Bertz CT molecular complexity index is 413. The minimum atomic E-state index is 0.131. The standard InChI is InChI=1S/C7H5ClN4OS/c8-4-3-5(12-6(9)11-4)14-7-10-1-2-13-7/h1-3H,(H2,9,11,12). The Hall–Kier alpha value is -1.27. The summed E-state index contributed by atoms with van der Waals surface area (Å²) in [6.45, 7) is 0. The van der Waals surface area contributed by atoms with Crippen molar-refractivity contribution in [2.75, 3.05) is 5.73 Å². The fourth-order valence-corrected chi connectivity index (χ4v) is 1.78. The number of hydrogen-bond acceptors (Lipinski definition) is 6. The number of nitrogens with zero attached hydrogens (tertiary/aromatic N) is 3. The van der Waals surface area contributed by atoms with Crippen molar-refractivity contribution in [2.24, 2.45) is 0 Å². The minimum Gasteiger partial charge on any atom is -0.440 e. The van der Waals surface area contributed by atoms with Crippen LogP contribution in [-0.2, 0) is 0 Å². The molecule has 2 aromatic rings. The number of hydrogen-bond donors (Lipinski definition) is 1. The molecule has 2 rings (SSSR count). The van der Waals surface area contributed by atoms with E-state index in [1.807, 2.05) is 0 Å². The zero-order valence-corrected chi connectivity index (χ0v) is 8.42. The van der Waals surface area contributed by atoms with E-state index in [1.54, 1.807) is 12.3 Å². The van der Waals surface area contributed by atoms with E-state index in [1.165, 1.54) is 18.0 Å². The van der Waals surface area contributed by atoms with Gasteiger partial charge in [-0.3, -0.25) is 0 Å². The first-order chi connectivity index (χ1) is 6.74. The second kappa shape index (κ2) is 3.85. The molecule has 0 unspecified atom stereocenters. The number of nitrogen functional groups attached to an aromatic ring is 1. The van der Waals surface area contributed by atoms with Crippen molar-refractivity contribution in [1.29, 1.82) is 0 Å². The Balaban J connectivity index is 2.25. The van der Waals surface area contributed by atoms with Crippen LogP contribution in [0.1, 0.15) is 0 Å². The first-order valence-electron chi connectivity index (χ1n) is 3.61. The lowest BCUT2D eigenvalue weighted by Gasteiger charge is -1.97. The molecular formula is C7H5ClN4OS. The zero-order valence-electron chi connectivity index (χ0n) is 6.85. The van der Waals surface area contributed by atoms with Crippen molar-refractivity contribution in [1.82, 2.24) is 15.0 Å². The van der Waals surface area contributed by atoms with Crippen LogP contribution in [0.25, 0.3) is 0 Å². The molecule has 2 aromatic heterocycles. The molecule has 72 valence electrons. The lowest BCUT2D eigenvalue weighted by molar-refractivity contribution is 0.454. The summed E-state index contributed by atoms with van der Waals surface area (Å²) in [5.41, 5.74) is 5.42. The normalized spacial score (nSPS) is 10.4. The molecule has 0 radical (unpaired) electrons. The Kier molecular flexibility index (Phi) is 2.55. The summed E-state index contributed by atoms with van der Waals surface area (Å²) in [7, 11) is 0. The SMILES string of the molecule is Nc1nc(Cl)cc(Sc2ncco2)n1. The summed E-state index contributed by atoms with van der Waals surface area (Å²) in [6, 6.07) is 1.59. The molecule has 0 fully saturated rings. The Labute approximate surface area is 88.7 Å². The molecule has 0 aliphatic heterocycles. The molecule has 0 saturated carbocycles. The van der Waals surface area contributed by atoms with E-state index < -0.39 is 0 Å². The van der Waals surface area contributed by atoms with Crippen molar-refractivity contribution in [3.63, 3.8) is 0 Å². The topological polar surface area (TPSA) is 77.8 Å². The van der Waals surface area contributed by atoms with E-state index in [0.717, 1.165) is 0 Å². The predicted octanol–water partition coefficient (Wildman–Crippen LogP) is 1.85. The van der Waals surface area contributed by atoms with Gasteiger partial charge in [0.05, 0.1) is 6.20 Å². The molecule has 14 heavy (non-hydrogen) atoms. The van der Waals surface area contributed by atoms with Crippen molar-refractivity contribution in [3.8, 4) is 0 Å². The largest absolute Gasteiger partial charge is 0.440 e. The van der Waals surface area contributed by atoms with Gasteiger partial charge in [0, 0.05) is 6.07 Å². The van der Waals surface area contributed by atoms with Gasteiger partial charge >= 0.3 is 0 Å². The van der Waals surface area contributed by atoms with Gasteiger partial charge in [0.2, 0.25) is 5.95 Å². The molecule has 0 atom stereocenters. The van der Waals surface area contributed by atoms with Gasteiger partial charge in [-0.2, -0.15) is 0 Å². The summed E-state index contributed by atoms with van der Waals surface area (Å²) in [4.78, 5) is 11.6. The lowest BCUT2D eigenvalue weighted by atomic mass is 10.7. The lowest BCUT2D eigenvalue weighted by Crippen LogP contribution is -1.95. The minimum absolute atomic E-state index is 0.131. The highest BCUT2D eigenvalue weighted by Gasteiger charge is 2.05. The third-order valence-electron chi connectivity index (χ3n) is 1.29. The van der Waals surface area contributed by atoms with E-state index in [0.29, 0.717) is 15.4 Å². The smallest absolute Gasteiger partial charge is 0.261 e. The molecule has 0 aliphatic rings. The highest BCUT2D eigenvalue weighted by molar-refractivity contribution is 7.99. The highest BCUT2D eigenvalue weighted by atomic mass is 35.5. The number of oxazole rings is 1. The molecule has 5 nitrogen and oxygen atoms in total. The molecule has 0 spiro atoms. The van der Waals surface area contributed by atoms with Crippen LogP contribution in [0.3, 0.4) is 0 Å². The monoisotopic (exact) mass is 228 g/mol. The van der Waals surface area contributed by atoms with Gasteiger partial charge in [0.25, 0.3) is 5.22 Å². The van der Waals surface area contributed by atoms with Crippen molar-refractivity contribution < 1.29 is 4.42 Å². The maximum atomic E-state index is 5.69. The summed E-state index contributed by atoms with van der Waals surface area (Å²) in [6.07, 6.45) is 3.03. The van der Waals surface area contributed by atoms with Crippen LogP contribution in [-0.4, -0.2) is 15.0 Å². The van der Waals surface area contributed by atoms with E-state index in [9.17, 15) is 0 Å². The average Bonchev–Trinajstić information content (AvgIpc) is 2.54. The number of rotatable bonds is 2. The van der Waals surface area contributed by atoms with Gasteiger partial charge < -0.3 is 10.2 Å². The van der Waals surface area contributed by atoms with E-state index >= 15 is 0 Å². The number of halogens is 1. The fraction of sp³-hybridized carbons (Fsp3) is 0. The molecule has 0 saturated heterocycles. The Morgan fingerprint density at radius 2 is 2.29 bits per heavy atom. The maximum Gasteiger partial charge on any atom is 0.261 e. The third-order valence-corrected chi connectivity index (χ3v) is 2.28. The first-order valence-corrected chi connectivity index (χ1v) is 4.81. The second-order valence-electron chi connectivity index (χ2n) is 2.29. The zero-order chi connectivity index (χ0) is 9.97. The Morgan fingerprint density at radius 3 is 2.93 bits per heavy atom. The average molecular weight is 229 g/mol. The quantitative estimate of drug-likeness (QED) is 0.791. The van der Waals surface area contributed by atoms with Crippen LogP contribution >= 0.6 is 23.4 Å². The van der Waals surface area contributed by atoms with Crippen LogP contribution in [0.4, 0.5) is 5.95 Å². The van der Waals surface area contributed by atoms with Crippen LogP contribution in [0, 0.1) is 0 Å². The number of nitrogens with two attached hydrogens (primary N) is 1. The van der Waals surface area contributed by atoms with Crippen molar-refractivity contribution >= 4 is 29.3 Å². The van der Waals surface area contributed by atoms with Gasteiger partial charge in [0.1, 0.15) is 16.4 Å². The number of aromatic nitrogens is 3. The summed E-state index contributed by atoms with van der Waals surface area (Å²) >= 11 is 6.92. The molecule has 0 aromatic carbocycles. The van der Waals surface area contributed by atoms with E-state index in [-0.39, 0.29) is 5.95 Å². The van der Waals surface area contributed by atoms with Crippen molar-refractivity contribution in [2.45, 2.75) is 10.2 Å². The summed E-state index contributed by atoms with van der Waals surface area (Å²) in [5, 5.41) is 1.38. The Morgan fingerprint density at radius 1 is 1.43 bits per heavy atom. The maximum absolute atomic E-state index is 5.69. The van der Waals surface area contributed by atoms with Gasteiger partial charge in [-0.1, -0.05) is 11.6 Å². The van der Waals surface area contributed by atoms with Crippen LogP contribution in [0.15, 0.2) is 33.2 Å². The van der Waals surface area contributed by atoms with E-state index in [4.69, 9.17) is 21.8 Å². The number of anilines is 1. The fourth-order valence-electron chi connectivity index (χ4n) is 0.816. The molecule has 2 heterocycles. The summed E-state index contributed by atoms with van der Waals surface area (Å²) in [5.74, 6) is 0.131. The molecule has 2 N–H and O–H groups in total. The molecule has 0 aliphatic carbocycles. The molecular weight excluding hydrogens is 224 g/mol. The van der Waals surface area contributed by atoms with Gasteiger partial charge in [0.15, 0.2) is 0 Å². The van der Waals surface area contributed by atoms with Gasteiger partial charge in [-0.25, -0.2) is 15.0 Å². The van der Waals surface area contributed by atoms with Crippen LogP contribution in [0.5, 0.6) is 0 Å². The van der Waals surface area contributed by atoms with E-state index in [2.05, 4.69) is 15.0 Å². The molecule has 0 amide bonds. The molecule has 7 heteroatoms. The second-order valence-corrected chi connectivity index (χ2v) is 3.65. The van der Waals surface area contributed by atoms with Gasteiger partial charge in [-0.05, 0) is 11.8 Å². The highest BCUT2D eigenvalue weighted by Crippen LogP contribution is 2.25. The summed E-state index contributed by atoms with van der Waals surface area (Å²) < 4.78 is 5.02. The third kappa shape index (κ3) is 2.15. The predicted molar refractivity (Wildman–Crippen MR) is 52.1 cm³/mol. The first kappa shape index (κ1) is 9.29. The van der Waals surface area contributed by atoms with Gasteiger partial charge in [-0.15, -0.1) is 0 Å². The van der Waals surface area contributed by atoms with Crippen molar-refractivity contribution in [3.05, 3.63) is 23.7 Å².